The molecule has 0 saturated carbocycles. The molecule has 1 fully saturated rings. The van der Waals surface area contributed by atoms with E-state index in [0.29, 0.717) is 19.7 Å². The summed E-state index contributed by atoms with van der Waals surface area (Å²) in [4.78, 5) is 15.8. The largest absolute Gasteiger partial charge is 0.444 e. The summed E-state index contributed by atoms with van der Waals surface area (Å²) in [5.41, 5.74) is -0.436. The quantitative estimate of drug-likeness (QED) is 0.770. The van der Waals surface area contributed by atoms with Gasteiger partial charge in [-0.05, 0) is 41.3 Å². The van der Waals surface area contributed by atoms with Crippen LogP contribution in [0.4, 0.5) is 4.79 Å². The third-order valence-corrected chi connectivity index (χ3v) is 2.69. The number of ether oxygens (including phenoxy) is 2. The molecule has 1 saturated heterocycles. The first-order valence-electron chi connectivity index (χ1n) is 6.52. The first-order valence-corrected chi connectivity index (χ1v) is 6.52. The zero-order valence-corrected chi connectivity index (χ0v) is 12.2. The molecule has 0 N–H and O–H groups in total. The second kappa shape index (κ2) is 6.38. The van der Waals surface area contributed by atoms with Crippen molar-refractivity contribution in [2.24, 2.45) is 0 Å². The maximum Gasteiger partial charge on any atom is 0.410 e. The molecule has 1 amide bonds. The van der Waals surface area contributed by atoms with Gasteiger partial charge in [0.15, 0.2) is 0 Å². The summed E-state index contributed by atoms with van der Waals surface area (Å²) in [5, 5.41) is 0. The second-order valence-electron chi connectivity index (χ2n) is 6.01. The van der Waals surface area contributed by atoms with Crippen molar-refractivity contribution in [1.29, 1.82) is 0 Å². The van der Waals surface area contributed by atoms with Gasteiger partial charge >= 0.3 is 6.09 Å². The minimum atomic E-state index is -0.436. The van der Waals surface area contributed by atoms with E-state index in [2.05, 4.69) is 4.90 Å². The molecule has 106 valence electrons. The Morgan fingerprint density at radius 2 is 2.11 bits per heavy atom. The van der Waals surface area contributed by atoms with Crippen LogP contribution in [0.2, 0.25) is 0 Å². The van der Waals surface area contributed by atoms with Gasteiger partial charge in [-0.1, -0.05) is 0 Å². The summed E-state index contributed by atoms with van der Waals surface area (Å²) in [5.74, 6) is 0. The topological polar surface area (TPSA) is 42.0 Å². The first-order chi connectivity index (χ1) is 8.28. The van der Waals surface area contributed by atoms with E-state index in [1.807, 2.05) is 34.9 Å². The predicted octanol–water partition coefficient (Wildman–Crippen LogP) is 1.57. The highest BCUT2D eigenvalue weighted by Crippen LogP contribution is 2.14. The maximum absolute atomic E-state index is 11.9. The Labute approximate surface area is 110 Å². The predicted molar refractivity (Wildman–Crippen MR) is 70.7 cm³/mol. The molecule has 1 aliphatic rings. The molecule has 1 rings (SSSR count). The van der Waals surface area contributed by atoms with Gasteiger partial charge < -0.3 is 19.3 Å². The van der Waals surface area contributed by atoms with Crippen LogP contribution in [-0.4, -0.2) is 67.9 Å². The number of hydrogen-bond donors (Lipinski definition) is 0. The number of carbonyl (C=O) groups excluding carboxylic acids is 1. The second-order valence-corrected chi connectivity index (χ2v) is 6.01. The standard InChI is InChI=1S/C13H26N2O3/c1-13(2,3)18-12(16)15-8-9-17-11(10-15)6-7-14(4)5/h11H,6-10H2,1-5H3/t11-/m1/s1. The van der Waals surface area contributed by atoms with Crippen molar-refractivity contribution in [3.63, 3.8) is 0 Å². The fourth-order valence-corrected chi connectivity index (χ4v) is 1.79. The molecule has 0 spiro atoms. The summed E-state index contributed by atoms with van der Waals surface area (Å²) in [7, 11) is 4.07. The number of carbonyl (C=O) groups is 1. The van der Waals surface area contributed by atoms with Gasteiger partial charge in [0.05, 0.1) is 19.3 Å². The molecule has 0 aromatic carbocycles. The van der Waals surface area contributed by atoms with Crippen molar-refractivity contribution in [2.45, 2.75) is 38.9 Å². The van der Waals surface area contributed by atoms with Gasteiger partial charge in [0.2, 0.25) is 0 Å². The van der Waals surface area contributed by atoms with Crippen LogP contribution in [0.3, 0.4) is 0 Å². The maximum atomic E-state index is 11.9. The molecule has 5 heteroatoms. The third kappa shape index (κ3) is 5.69. The highest BCUT2D eigenvalue weighted by molar-refractivity contribution is 5.68. The van der Waals surface area contributed by atoms with Crippen molar-refractivity contribution in [1.82, 2.24) is 9.80 Å². The monoisotopic (exact) mass is 258 g/mol. The van der Waals surface area contributed by atoms with Gasteiger partial charge in [-0.15, -0.1) is 0 Å². The fraction of sp³-hybridized carbons (Fsp3) is 0.923. The lowest BCUT2D eigenvalue weighted by Gasteiger charge is -2.34. The SMILES string of the molecule is CN(C)CC[C@@H]1CN(C(=O)OC(C)(C)C)CCO1. The lowest BCUT2D eigenvalue weighted by atomic mass is 10.2. The normalized spacial score (nSPS) is 21.2. The van der Waals surface area contributed by atoms with E-state index in [1.54, 1.807) is 4.90 Å². The number of hydrogen-bond acceptors (Lipinski definition) is 4. The van der Waals surface area contributed by atoms with E-state index in [0.717, 1.165) is 13.0 Å². The zero-order chi connectivity index (χ0) is 13.8. The van der Waals surface area contributed by atoms with Crippen LogP contribution in [-0.2, 0) is 9.47 Å². The lowest BCUT2D eigenvalue weighted by molar-refractivity contribution is -0.0459. The van der Waals surface area contributed by atoms with Crippen LogP contribution in [0.5, 0.6) is 0 Å². The van der Waals surface area contributed by atoms with E-state index in [1.165, 1.54) is 0 Å². The Morgan fingerprint density at radius 3 is 2.67 bits per heavy atom. The molecule has 0 radical (unpaired) electrons. The molecular formula is C13H26N2O3. The third-order valence-electron chi connectivity index (χ3n) is 2.69. The average Bonchev–Trinajstić information content (AvgIpc) is 2.24. The smallest absolute Gasteiger partial charge is 0.410 e. The Bertz CT molecular complexity index is 274. The van der Waals surface area contributed by atoms with Crippen molar-refractivity contribution in [3.05, 3.63) is 0 Å². The number of nitrogens with zero attached hydrogens (tertiary/aromatic N) is 2. The zero-order valence-electron chi connectivity index (χ0n) is 12.2. The van der Waals surface area contributed by atoms with Crippen molar-refractivity contribution in [2.75, 3.05) is 40.3 Å². The molecule has 5 nitrogen and oxygen atoms in total. The van der Waals surface area contributed by atoms with Gasteiger partial charge in [-0.25, -0.2) is 4.79 Å². The highest BCUT2D eigenvalue weighted by atomic mass is 16.6. The van der Waals surface area contributed by atoms with Gasteiger partial charge in [0, 0.05) is 13.1 Å². The Hall–Kier alpha value is -0.810. The molecule has 0 bridgehead atoms. The van der Waals surface area contributed by atoms with Crippen molar-refractivity contribution >= 4 is 6.09 Å². The Balaban J connectivity index is 2.40. The summed E-state index contributed by atoms with van der Waals surface area (Å²) < 4.78 is 11.0. The summed E-state index contributed by atoms with van der Waals surface area (Å²) in [6.07, 6.45) is 0.820. The molecule has 0 aromatic heterocycles. The molecule has 0 aromatic rings. The van der Waals surface area contributed by atoms with Gasteiger partial charge in [-0.3, -0.25) is 0 Å². The van der Waals surface area contributed by atoms with Crippen LogP contribution >= 0.6 is 0 Å². The lowest BCUT2D eigenvalue weighted by Crippen LogP contribution is -2.48. The Morgan fingerprint density at radius 1 is 1.44 bits per heavy atom. The molecule has 1 atom stereocenters. The minimum absolute atomic E-state index is 0.119. The Kier molecular flexibility index (Phi) is 5.41. The highest BCUT2D eigenvalue weighted by Gasteiger charge is 2.27. The van der Waals surface area contributed by atoms with Crippen LogP contribution in [0.1, 0.15) is 27.2 Å². The van der Waals surface area contributed by atoms with Gasteiger partial charge in [0.1, 0.15) is 5.60 Å². The number of rotatable bonds is 3. The van der Waals surface area contributed by atoms with Crippen LogP contribution < -0.4 is 0 Å². The average molecular weight is 258 g/mol. The molecule has 0 aliphatic carbocycles. The molecular weight excluding hydrogens is 232 g/mol. The van der Waals surface area contributed by atoms with E-state index in [-0.39, 0.29) is 12.2 Å². The van der Waals surface area contributed by atoms with Crippen LogP contribution in [0.25, 0.3) is 0 Å². The summed E-state index contributed by atoms with van der Waals surface area (Å²) in [6.45, 7) is 8.46. The molecule has 0 unspecified atom stereocenters. The summed E-state index contributed by atoms with van der Waals surface area (Å²) >= 11 is 0. The summed E-state index contributed by atoms with van der Waals surface area (Å²) in [6, 6.07) is 0. The van der Waals surface area contributed by atoms with Crippen LogP contribution in [0, 0.1) is 0 Å². The van der Waals surface area contributed by atoms with Gasteiger partial charge in [-0.2, -0.15) is 0 Å². The molecule has 18 heavy (non-hydrogen) atoms. The van der Waals surface area contributed by atoms with E-state index >= 15 is 0 Å². The van der Waals surface area contributed by atoms with Crippen LogP contribution in [0.15, 0.2) is 0 Å². The number of morpholine rings is 1. The van der Waals surface area contributed by atoms with E-state index < -0.39 is 5.60 Å². The van der Waals surface area contributed by atoms with E-state index in [9.17, 15) is 4.79 Å². The fourth-order valence-electron chi connectivity index (χ4n) is 1.79. The van der Waals surface area contributed by atoms with Crippen molar-refractivity contribution < 1.29 is 14.3 Å². The molecule has 1 heterocycles. The molecule has 1 aliphatic heterocycles. The first kappa shape index (κ1) is 15.2. The minimum Gasteiger partial charge on any atom is -0.444 e. The van der Waals surface area contributed by atoms with E-state index in [4.69, 9.17) is 9.47 Å². The van der Waals surface area contributed by atoms with Gasteiger partial charge in [0.25, 0.3) is 0 Å². The number of amides is 1. The van der Waals surface area contributed by atoms with Crippen molar-refractivity contribution in [3.8, 4) is 0 Å².